The maximum absolute atomic E-state index is 11.2. The minimum Gasteiger partial charge on any atom is -0.354 e. The van der Waals surface area contributed by atoms with Crippen molar-refractivity contribution in [2.24, 2.45) is 5.73 Å². The Labute approximate surface area is 105 Å². The van der Waals surface area contributed by atoms with Crippen molar-refractivity contribution in [3.05, 3.63) is 0 Å². The first-order valence-electron chi connectivity index (χ1n) is 5.45. The molecule has 0 aromatic carbocycles. The first-order chi connectivity index (χ1) is 8.45. The number of Topliss-reactive ketones (excluding diaryl/α,β-unsaturated/α-hetero) is 1. The molecule has 0 aliphatic carbocycles. The van der Waals surface area contributed by atoms with Gasteiger partial charge in [0, 0.05) is 13.0 Å². The molecular weight excluding hydrogens is 240 g/mol. The highest BCUT2D eigenvalue weighted by molar-refractivity contribution is 5.88. The third-order valence-electron chi connectivity index (χ3n) is 1.88. The van der Waals surface area contributed by atoms with Gasteiger partial charge in [0.1, 0.15) is 5.78 Å². The molecule has 8 heteroatoms. The molecule has 3 amide bonds. The van der Waals surface area contributed by atoms with E-state index in [0.717, 1.165) is 0 Å². The molecule has 8 nitrogen and oxygen atoms in total. The molecule has 0 spiro atoms. The van der Waals surface area contributed by atoms with E-state index in [2.05, 4.69) is 16.0 Å². The zero-order valence-electron chi connectivity index (χ0n) is 10.2. The van der Waals surface area contributed by atoms with Gasteiger partial charge in [-0.1, -0.05) is 0 Å². The van der Waals surface area contributed by atoms with Crippen LogP contribution in [0.3, 0.4) is 0 Å². The first-order valence-corrected chi connectivity index (χ1v) is 5.45. The van der Waals surface area contributed by atoms with Crippen molar-refractivity contribution in [1.82, 2.24) is 16.0 Å². The Bertz CT molecular complexity index is 330. The van der Waals surface area contributed by atoms with Crippen molar-refractivity contribution in [3.63, 3.8) is 0 Å². The van der Waals surface area contributed by atoms with Crippen molar-refractivity contribution < 1.29 is 19.2 Å². The summed E-state index contributed by atoms with van der Waals surface area (Å²) >= 11 is 0. The van der Waals surface area contributed by atoms with E-state index in [1.54, 1.807) is 0 Å². The van der Waals surface area contributed by atoms with Crippen LogP contribution in [0.15, 0.2) is 0 Å². The average molecular weight is 258 g/mol. The zero-order valence-corrected chi connectivity index (χ0v) is 10.2. The van der Waals surface area contributed by atoms with Crippen LogP contribution >= 0.6 is 0 Å². The van der Waals surface area contributed by atoms with Crippen LogP contribution in [0.4, 0.5) is 0 Å². The molecule has 0 atom stereocenters. The zero-order chi connectivity index (χ0) is 14.0. The standard InChI is InChI=1S/C10H18N4O4/c1-7(15)2-3-12-9(17)5-14-10(18)6-13-8(16)4-11/h2-6,11H2,1H3,(H,12,17)(H,13,16)(H,14,18). The van der Waals surface area contributed by atoms with Gasteiger partial charge in [-0.2, -0.15) is 0 Å². The van der Waals surface area contributed by atoms with Crippen LogP contribution in [0.5, 0.6) is 0 Å². The summed E-state index contributed by atoms with van der Waals surface area (Å²) < 4.78 is 0. The fraction of sp³-hybridized carbons (Fsp3) is 0.600. The summed E-state index contributed by atoms with van der Waals surface area (Å²) in [6.07, 6.45) is 0.256. The topological polar surface area (TPSA) is 130 Å². The molecule has 0 saturated carbocycles. The highest BCUT2D eigenvalue weighted by Gasteiger charge is 2.06. The second-order valence-electron chi connectivity index (χ2n) is 3.56. The molecular formula is C10H18N4O4. The smallest absolute Gasteiger partial charge is 0.239 e. The molecule has 0 heterocycles. The summed E-state index contributed by atoms with van der Waals surface area (Å²) in [6.45, 7) is 1.05. The second-order valence-corrected chi connectivity index (χ2v) is 3.56. The van der Waals surface area contributed by atoms with Crippen LogP contribution in [-0.4, -0.2) is 49.7 Å². The van der Waals surface area contributed by atoms with E-state index in [1.165, 1.54) is 6.92 Å². The lowest BCUT2D eigenvalue weighted by molar-refractivity contribution is -0.127. The second kappa shape index (κ2) is 9.11. The summed E-state index contributed by atoms with van der Waals surface area (Å²) in [6, 6.07) is 0. The number of nitrogens with one attached hydrogen (secondary N) is 3. The van der Waals surface area contributed by atoms with Crippen molar-refractivity contribution in [1.29, 1.82) is 0 Å². The van der Waals surface area contributed by atoms with Crippen LogP contribution in [0.1, 0.15) is 13.3 Å². The maximum Gasteiger partial charge on any atom is 0.239 e. The molecule has 0 rings (SSSR count). The van der Waals surface area contributed by atoms with Crippen molar-refractivity contribution >= 4 is 23.5 Å². The Hall–Kier alpha value is -1.96. The number of ketones is 1. The van der Waals surface area contributed by atoms with Gasteiger partial charge in [-0.25, -0.2) is 0 Å². The minimum atomic E-state index is -0.487. The molecule has 0 saturated heterocycles. The number of hydrogen-bond acceptors (Lipinski definition) is 5. The van der Waals surface area contributed by atoms with Crippen molar-refractivity contribution in [2.75, 3.05) is 26.2 Å². The van der Waals surface area contributed by atoms with Crippen LogP contribution in [-0.2, 0) is 19.2 Å². The van der Waals surface area contributed by atoms with Crippen LogP contribution in [0.25, 0.3) is 0 Å². The summed E-state index contributed by atoms with van der Waals surface area (Å²) in [5.41, 5.74) is 5.02. The quantitative estimate of drug-likeness (QED) is 0.375. The number of carbonyl (C=O) groups excluding carboxylic acids is 4. The van der Waals surface area contributed by atoms with Gasteiger partial charge in [-0.05, 0) is 6.92 Å². The highest BCUT2D eigenvalue weighted by Crippen LogP contribution is 1.77. The Balaban J connectivity index is 3.62. The molecule has 0 aromatic heterocycles. The van der Waals surface area contributed by atoms with E-state index in [4.69, 9.17) is 5.73 Å². The van der Waals surface area contributed by atoms with Gasteiger partial charge in [-0.15, -0.1) is 0 Å². The lowest BCUT2D eigenvalue weighted by Gasteiger charge is -2.06. The molecule has 0 aliphatic heterocycles. The van der Waals surface area contributed by atoms with Gasteiger partial charge in [-0.3, -0.25) is 19.2 Å². The van der Waals surface area contributed by atoms with Gasteiger partial charge >= 0.3 is 0 Å². The van der Waals surface area contributed by atoms with Crippen molar-refractivity contribution in [2.45, 2.75) is 13.3 Å². The SMILES string of the molecule is CC(=O)CCNC(=O)CNC(=O)CNC(=O)CN. The van der Waals surface area contributed by atoms with E-state index in [9.17, 15) is 19.2 Å². The molecule has 5 N–H and O–H groups in total. The monoisotopic (exact) mass is 258 g/mol. The molecule has 102 valence electrons. The Kier molecular flexibility index (Phi) is 8.12. The van der Waals surface area contributed by atoms with Gasteiger partial charge in [0.05, 0.1) is 19.6 Å². The number of rotatable bonds is 8. The van der Waals surface area contributed by atoms with E-state index in [1.807, 2.05) is 0 Å². The summed E-state index contributed by atoms with van der Waals surface area (Å²) in [7, 11) is 0. The molecule has 0 bridgehead atoms. The van der Waals surface area contributed by atoms with E-state index >= 15 is 0 Å². The lowest BCUT2D eigenvalue weighted by Crippen LogP contribution is -2.43. The number of carbonyl (C=O) groups is 4. The van der Waals surface area contributed by atoms with Crippen LogP contribution in [0, 0.1) is 0 Å². The Morgan fingerprint density at radius 1 is 0.889 bits per heavy atom. The highest BCUT2D eigenvalue weighted by atomic mass is 16.2. The third-order valence-corrected chi connectivity index (χ3v) is 1.88. The Morgan fingerprint density at radius 2 is 1.39 bits per heavy atom. The molecule has 0 aromatic rings. The third kappa shape index (κ3) is 9.28. The van der Waals surface area contributed by atoms with Gasteiger partial charge in [0.15, 0.2) is 0 Å². The first kappa shape index (κ1) is 16.0. The van der Waals surface area contributed by atoms with E-state index in [0.29, 0.717) is 0 Å². The number of hydrogen-bond donors (Lipinski definition) is 4. The molecule has 0 fully saturated rings. The molecule has 0 aliphatic rings. The number of amides is 3. The van der Waals surface area contributed by atoms with Crippen LogP contribution in [0.2, 0.25) is 0 Å². The van der Waals surface area contributed by atoms with Gasteiger partial charge < -0.3 is 21.7 Å². The summed E-state index contributed by atoms with van der Waals surface area (Å²) in [5.74, 6) is -1.35. The minimum absolute atomic E-state index is 0.0242. The maximum atomic E-state index is 11.2. The van der Waals surface area contributed by atoms with E-state index in [-0.39, 0.29) is 38.4 Å². The fourth-order valence-electron chi connectivity index (χ4n) is 0.933. The Morgan fingerprint density at radius 3 is 1.89 bits per heavy atom. The average Bonchev–Trinajstić information content (AvgIpc) is 2.32. The molecule has 0 radical (unpaired) electrons. The van der Waals surface area contributed by atoms with Gasteiger partial charge in [0.2, 0.25) is 17.7 Å². The number of nitrogens with two attached hydrogens (primary N) is 1. The van der Waals surface area contributed by atoms with E-state index < -0.39 is 17.7 Å². The largest absolute Gasteiger partial charge is 0.354 e. The fourth-order valence-corrected chi connectivity index (χ4v) is 0.933. The lowest BCUT2D eigenvalue weighted by atomic mass is 10.3. The van der Waals surface area contributed by atoms with Gasteiger partial charge in [0.25, 0.3) is 0 Å². The summed E-state index contributed by atoms with van der Waals surface area (Å²) in [5, 5.41) is 7.03. The van der Waals surface area contributed by atoms with Crippen LogP contribution < -0.4 is 21.7 Å². The predicted molar refractivity (Wildman–Crippen MR) is 63.4 cm³/mol. The summed E-state index contributed by atoms with van der Waals surface area (Å²) in [4.78, 5) is 43.7. The normalized spacial score (nSPS) is 9.44. The molecule has 0 unspecified atom stereocenters. The van der Waals surface area contributed by atoms with Crippen molar-refractivity contribution in [3.8, 4) is 0 Å². The predicted octanol–water partition coefficient (Wildman–Crippen LogP) is -2.73. The molecule has 18 heavy (non-hydrogen) atoms.